The number of rotatable bonds is 2. The lowest BCUT2D eigenvalue weighted by Crippen LogP contribution is -2.25. The van der Waals surface area contributed by atoms with Crippen LogP contribution in [0.4, 0.5) is 14.5 Å². The highest BCUT2D eigenvalue weighted by molar-refractivity contribution is 6.04. The van der Waals surface area contributed by atoms with E-state index < -0.39 is 23.1 Å². The Bertz CT molecular complexity index is 1030. The van der Waals surface area contributed by atoms with Crippen LogP contribution in [-0.2, 0) is 0 Å². The monoisotopic (exact) mass is 329 g/mol. The second-order valence-corrected chi connectivity index (χ2v) is 5.40. The van der Waals surface area contributed by atoms with Crippen molar-refractivity contribution in [2.75, 3.05) is 5.32 Å². The third-order valence-electron chi connectivity index (χ3n) is 3.57. The Morgan fingerprint density at radius 3 is 2.58 bits per heavy atom. The molecule has 5 nitrogen and oxygen atoms in total. The van der Waals surface area contributed by atoms with Gasteiger partial charge < -0.3 is 5.32 Å². The molecule has 1 N–H and O–H groups in total. The molecule has 2 aromatic heterocycles. The molecular formula is C17H13F2N3O2. The van der Waals surface area contributed by atoms with Crippen molar-refractivity contribution in [1.82, 2.24) is 9.38 Å². The van der Waals surface area contributed by atoms with Gasteiger partial charge in [0.1, 0.15) is 11.3 Å². The predicted octanol–water partition coefficient (Wildman–Crippen LogP) is 2.84. The summed E-state index contributed by atoms with van der Waals surface area (Å²) in [6.45, 7) is 3.41. The highest BCUT2D eigenvalue weighted by atomic mass is 19.2. The van der Waals surface area contributed by atoms with Gasteiger partial charge in [0.2, 0.25) is 0 Å². The van der Waals surface area contributed by atoms with Crippen LogP contribution in [0.25, 0.3) is 5.65 Å². The molecule has 0 saturated heterocycles. The van der Waals surface area contributed by atoms with Gasteiger partial charge >= 0.3 is 0 Å². The number of aromatic nitrogens is 2. The smallest absolute Gasteiger partial charge is 0.281 e. The number of benzene rings is 1. The molecule has 0 aliphatic rings. The fourth-order valence-corrected chi connectivity index (χ4v) is 2.32. The summed E-state index contributed by atoms with van der Waals surface area (Å²) >= 11 is 0. The van der Waals surface area contributed by atoms with Gasteiger partial charge in [-0.25, -0.2) is 13.8 Å². The molecule has 24 heavy (non-hydrogen) atoms. The first-order valence-corrected chi connectivity index (χ1v) is 7.13. The second kappa shape index (κ2) is 5.84. The summed E-state index contributed by atoms with van der Waals surface area (Å²) in [4.78, 5) is 29.0. The number of nitrogens with zero attached hydrogens (tertiary/aromatic N) is 2. The summed E-state index contributed by atoms with van der Waals surface area (Å²) in [5.74, 6) is -2.91. The van der Waals surface area contributed by atoms with Crippen molar-refractivity contribution in [3.05, 3.63) is 75.3 Å². The molecule has 0 aliphatic heterocycles. The molecule has 1 aromatic carbocycles. The first-order chi connectivity index (χ1) is 11.4. The number of carbonyl (C=O) groups is 1. The summed E-state index contributed by atoms with van der Waals surface area (Å²) in [7, 11) is 0. The maximum atomic E-state index is 13.3. The fraction of sp³-hybridized carbons (Fsp3) is 0.118. The number of carbonyl (C=O) groups excluding carboxylic acids is 1. The van der Waals surface area contributed by atoms with Gasteiger partial charge in [0.05, 0.1) is 5.69 Å². The van der Waals surface area contributed by atoms with E-state index in [0.29, 0.717) is 11.3 Å². The molecule has 122 valence electrons. The highest BCUT2D eigenvalue weighted by Crippen LogP contribution is 2.13. The van der Waals surface area contributed by atoms with Crippen LogP contribution >= 0.6 is 0 Å². The highest BCUT2D eigenvalue weighted by Gasteiger charge is 2.15. The van der Waals surface area contributed by atoms with Crippen molar-refractivity contribution in [3.63, 3.8) is 0 Å². The van der Waals surface area contributed by atoms with Gasteiger partial charge in [0.15, 0.2) is 11.6 Å². The Labute approximate surface area is 135 Å². The van der Waals surface area contributed by atoms with E-state index >= 15 is 0 Å². The standard InChI is InChI=1S/C17H13F2N3O2/c1-9-3-6-14-20-10(2)15(17(24)22(14)8-9)21-16(23)11-4-5-12(18)13(19)7-11/h3-8H,1-2H3,(H,21,23). The second-order valence-electron chi connectivity index (χ2n) is 5.40. The minimum atomic E-state index is -1.14. The van der Waals surface area contributed by atoms with Gasteiger partial charge in [-0.15, -0.1) is 0 Å². The molecule has 1 amide bonds. The number of aryl methyl sites for hydroxylation is 2. The Hall–Kier alpha value is -3.09. The SMILES string of the molecule is Cc1ccc2nc(C)c(NC(=O)c3ccc(F)c(F)c3)c(=O)n2c1. The topological polar surface area (TPSA) is 63.5 Å². The third-order valence-corrected chi connectivity index (χ3v) is 3.57. The van der Waals surface area contributed by atoms with Gasteiger partial charge in [0, 0.05) is 11.8 Å². The van der Waals surface area contributed by atoms with Crippen LogP contribution in [0.1, 0.15) is 21.6 Å². The van der Waals surface area contributed by atoms with E-state index in [-0.39, 0.29) is 11.3 Å². The van der Waals surface area contributed by atoms with Crippen LogP contribution < -0.4 is 10.9 Å². The minimum absolute atomic E-state index is 0.00664. The van der Waals surface area contributed by atoms with Crippen molar-refractivity contribution < 1.29 is 13.6 Å². The molecule has 0 aliphatic carbocycles. The molecule has 0 bridgehead atoms. The van der Waals surface area contributed by atoms with Crippen LogP contribution in [-0.4, -0.2) is 15.3 Å². The summed E-state index contributed by atoms with van der Waals surface area (Å²) in [6, 6.07) is 6.28. The quantitative estimate of drug-likeness (QED) is 0.786. The van der Waals surface area contributed by atoms with Crippen LogP contribution in [0.15, 0.2) is 41.3 Å². The lowest BCUT2D eigenvalue weighted by Gasteiger charge is -2.10. The van der Waals surface area contributed by atoms with E-state index in [0.717, 1.165) is 23.8 Å². The Morgan fingerprint density at radius 2 is 1.88 bits per heavy atom. The first kappa shape index (κ1) is 15.8. The molecule has 7 heteroatoms. The normalized spacial score (nSPS) is 10.8. The summed E-state index contributed by atoms with van der Waals surface area (Å²) in [6.07, 6.45) is 1.61. The molecule has 0 atom stereocenters. The van der Waals surface area contributed by atoms with Crippen molar-refractivity contribution in [2.24, 2.45) is 0 Å². The van der Waals surface area contributed by atoms with Gasteiger partial charge in [-0.05, 0) is 43.7 Å². The molecule has 2 heterocycles. The third kappa shape index (κ3) is 2.76. The van der Waals surface area contributed by atoms with Crippen molar-refractivity contribution in [1.29, 1.82) is 0 Å². The number of hydrogen-bond acceptors (Lipinski definition) is 3. The zero-order valence-corrected chi connectivity index (χ0v) is 12.9. The molecule has 0 spiro atoms. The first-order valence-electron chi connectivity index (χ1n) is 7.13. The maximum absolute atomic E-state index is 13.3. The Balaban J connectivity index is 2.04. The van der Waals surface area contributed by atoms with Gasteiger partial charge in [-0.1, -0.05) is 6.07 Å². The van der Waals surface area contributed by atoms with Crippen molar-refractivity contribution in [2.45, 2.75) is 13.8 Å². The predicted molar refractivity (Wildman–Crippen MR) is 85.2 cm³/mol. The average Bonchev–Trinajstić information content (AvgIpc) is 2.54. The van der Waals surface area contributed by atoms with E-state index in [4.69, 9.17) is 0 Å². The van der Waals surface area contributed by atoms with Crippen molar-refractivity contribution >= 4 is 17.2 Å². The van der Waals surface area contributed by atoms with E-state index in [1.54, 1.807) is 19.2 Å². The maximum Gasteiger partial charge on any atom is 0.281 e. The molecule has 3 rings (SSSR count). The molecule has 0 unspecified atom stereocenters. The lowest BCUT2D eigenvalue weighted by molar-refractivity contribution is 0.102. The zero-order chi connectivity index (χ0) is 17.4. The molecule has 0 fully saturated rings. The van der Waals surface area contributed by atoms with Gasteiger partial charge in [-0.2, -0.15) is 0 Å². The number of amides is 1. The number of hydrogen-bond donors (Lipinski definition) is 1. The van der Waals surface area contributed by atoms with Crippen LogP contribution in [0.2, 0.25) is 0 Å². The average molecular weight is 329 g/mol. The number of fused-ring (bicyclic) bond motifs is 1. The number of anilines is 1. The zero-order valence-electron chi connectivity index (χ0n) is 12.9. The summed E-state index contributed by atoms with van der Waals surface area (Å²) < 4.78 is 27.5. The largest absolute Gasteiger partial charge is 0.316 e. The molecular weight excluding hydrogens is 316 g/mol. The lowest BCUT2D eigenvalue weighted by atomic mass is 10.2. The van der Waals surface area contributed by atoms with Gasteiger partial charge in [-0.3, -0.25) is 14.0 Å². The molecule has 3 aromatic rings. The molecule has 0 radical (unpaired) electrons. The van der Waals surface area contributed by atoms with E-state index in [1.165, 1.54) is 4.40 Å². The van der Waals surface area contributed by atoms with Crippen LogP contribution in [0.3, 0.4) is 0 Å². The fourth-order valence-electron chi connectivity index (χ4n) is 2.32. The number of nitrogens with one attached hydrogen (secondary N) is 1. The van der Waals surface area contributed by atoms with E-state index in [1.807, 2.05) is 13.0 Å². The number of pyridine rings is 1. The van der Waals surface area contributed by atoms with E-state index in [2.05, 4.69) is 10.3 Å². The Morgan fingerprint density at radius 1 is 1.12 bits per heavy atom. The summed E-state index contributed by atoms with van der Waals surface area (Å²) in [5, 5.41) is 2.43. The van der Waals surface area contributed by atoms with Crippen LogP contribution in [0, 0.1) is 25.5 Å². The Kier molecular flexibility index (Phi) is 3.84. The molecule has 0 saturated carbocycles. The van der Waals surface area contributed by atoms with E-state index in [9.17, 15) is 18.4 Å². The van der Waals surface area contributed by atoms with Crippen LogP contribution in [0.5, 0.6) is 0 Å². The van der Waals surface area contributed by atoms with Gasteiger partial charge in [0.25, 0.3) is 11.5 Å². The minimum Gasteiger partial charge on any atom is -0.316 e. The number of halogens is 2. The van der Waals surface area contributed by atoms with Crippen molar-refractivity contribution in [3.8, 4) is 0 Å². The summed E-state index contributed by atoms with van der Waals surface area (Å²) in [5.41, 5.74) is 1.09.